The van der Waals surface area contributed by atoms with E-state index in [-0.39, 0.29) is 6.54 Å². The third-order valence-corrected chi connectivity index (χ3v) is 3.92. The zero-order valence-electron chi connectivity index (χ0n) is 10.0. The van der Waals surface area contributed by atoms with Crippen LogP contribution in [-0.4, -0.2) is 19.5 Å². The van der Waals surface area contributed by atoms with E-state index in [4.69, 9.17) is 21.1 Å². The Labute approximate surface area is 120 Å². The summed E-state index contributed by atoms with van der Waals surface area (Å²) >= 11 is 5.79. The van der Waals surface area contributed by atoms with Gasteiger partial charge in [0.2, 0.25) is 10.9 Å². The first-order valence-electron chi connectivity index (χ1n) is 5.46. The largest absolute Gasteiger partial charge is 0.475 e. The highest BCUT2D eigenvalue weighted by molar-refractivity contribution is 7.89. The predicted octanol–water partition coefficient (Wildman–Crippen LogP) is 2.11. The highest BCUT2D eigenvalue weighted by atomic mass is 35.5. The van der Waals surface area contributed by atoms with Crippen molar-refractivity contribution >= 4 is 27.6 Å². The van der Waals surface area contributed by atoms with Crippen LogP contribution in [0.5, 0.6) is 0 Å². The number of hydrogen-bond donors (Lipinski definition) is 2. The van der Waals surface area contributed by atoms with Gasteiger partial charge in [-0.3, -0.25) is 0 Å². The van der Waals surface area contributed by atoms with Crippen LogP contribution in [0, 0.1) is 0 Å². The molecule has 0 fully saturated rings. The molecule has 0 aliphatic rings. The molecule has 0 saturated carbocycles. The summed E-state index contributed by atoms with van der Waals surface area (Å²) in [5, 5.41) is 8.72. The van der Waals surface area contributed by atoms with Gasteiger partial charge in [-0.15, -0.1) is 0 Å². The summed E-state index contributed by atoms with van der Waals surface area (Å²) in [7, 11) is -3.91. The maximum Gasteiger partial charge on any atom is 0.371 e. The van der Waals surface area contributed by atoms with E-state index in [1.54, 1.807) is 24.3 Å². The number of furan rings is 1. The highest BCUT2D eigenvalue weighted by Crippen LogP contribution is 2.15. The molecule has 0 atom stereocenters. The van der Waals surface area contributed by atoms with E-state index in [0.29, 0.717) is 10.6 Å². The molecule has 6 nitrogen and oxygen atoms in total. The van der Waals surface area contributed by atoms with Crippen molar-refractivity contribution in [2.75, 3.05) is 0 Å². The van der Waals surface area contributed by atoms with Gasteiger partial charge in [0.05, 0.1) is 0 Å². The lowest BCUT2D eigenvalue weighted by Gasteiger charge is -2.04. The van der Waals surface area contributed by atoms with Crippen LogP contribution in [-0.2, 0) is 16.6 Å². The molecule has 1 aromatic heterocycles. The first kappa shape index (κ1) is 14.6. The molecular formula is C12H10ClNO5S. The maximum atomic E-state index is 11.9. The smallest absolute Gasteiger partial charge is 0.371 e. The van der Waals surface area contributed by atoms with E-state index >= 15 is 0 Å². The molecule has 2 N–H and O–H groups in total. The van der Waals surface area contributed by atoms with Crippen LogP contribution in [0.15, 0.2) is 45.9 Å². The number of benzene rings is 1. The lowest BCUT2D eigenvalue weighted by atomic mass is 10.2. The van der Waals surface area contributed by atoms with Gasteiger partial charge in [0.15, 0.2) is 0 Å². The number of nitrogens with one attached hydrogen (secondary N) is 1. The van der Waals surface area contributed by atoms with E-state index < -0.39 is 26.8 Å². The fourth-order valence-corrected chi connectivity index (χ4v) is 2.63. The Hall–Kier alpha value is -1.83. The molecule has 0 amide bonds. The summed E-state index contributed by atoms with van der Waals surface area (Å²) in [5.74, 6) is -1.77. The summed E-state index contributed by atoms with van der Waals surface area (Å²) < 4.78 is 30.8. The summed E-state index contributed by atoms with van der Waals surface area (Å²) in [4.78, 5) is 10.6. The van der Waals surface area contributed by atoms with Crippen LogP contribution in [0.4, 0.5) is 0 Å². The Kier molecular flexibility index (Phi) is 4.12. The van der Waals surface area contributed by atoms with Crippen molar-refractivity contribution in [1.29, 1.82) is 0 Å². The zero-order valence-corrected chi connectivity index (χ0v) is 11.6. The minimum Gasteiger partial charge on any atom is -0.475 e. The molecule has 2 rings (SSSR count). The zero-order chi connectivity index (χ0) is 14.8. The number of hydrogen-bond acceptors (Lipinski definition) is 4. The number of carboxylic acid groups (broad SMARTS) is 1. The van der Waals surface area contributed by atoms with Crippen LogP contribution in [0.3, 0.4) is 0 Å². The van der Waals surface area contributed by atoms with Crippen molar-refractivity contribution in [3.8, 4) is 0 Å². The fraction of sp³-hybridized carbons (Fsp3) is 0.0833. The van der Waals surface area contributed by atoms with Crippen LogP contribution < -0.4 is 4.72 Å². The first-order chi connectivity index (χ1) is 9.38. The van der Waals surface area contributed by atoms with Crippen molar-refractivity contribution in [1.82, 2.24) is 4.72 Å². The van der Waals surface area contributed by atoms with Gasteiger partial charge in [0, 0.05) is 11.6 Å². The summed E-state index contributed by atoms with van der Waals surface area (Å²) in [6, 6.07) is 8.86. The average Bonchev–Trinajstić information content (AvgIpc) is 2.87. The third-order valence-electron chi connectivity index (χ3n) is 2.41. The van der Waals surface area contributed by atoms with Crippen molar-refractivity contribution in [3.05, 3.63) is 52.7 Å². The number of halogens is 1. The van der Waals surface area contributed by atoms with Crippen LogP contribution in [0.2, 0.25) is 5.02 Å². The van der Waals surface area contributed by atoms with E-state index in [1.165, 1.54) is 0 Å². The molecule has 1 aromatic carbocycles. The predicted molar refractivity (Wildman–Crippen MR) is 71.1 cm³/mol. The Morgan fingerprint density at radius 3 is 2.65 bits per heavy atom. The number of sulfonamides is 1. The molecule has 106 valence electrons. The molecule has 0 aliphatic carbocycles. The van der Waals surface area contributed by atoms with E-state index in [1.807, 2.05) is 0 Å². The second kappa shape index (κ2) is 5.66. The standard InChI is InChI=1S/C12H10ClNO5S/c13-9-3-1-2-8(6-9)7-14-20(17,18)11-5-4-10(19-11)12(15)16/h1-6,14H,7H2,(H,15,16). The van der Waals surface area contributed by atoms with Gasteiger partial charge in [-0.05, 0) is 29.8 Å². The normalized spacial score (nSPS) is 11.4. The van der Waals surface area contributed by atoms with Gasteiger partial charge in [-0.2, -0.15) is 0 Å². The van der Waals surface area contributed by atoms with Gasteiger partial charge < -0.3 is 9.52 Å². The van der Waals surface area contributed by atoms with Crippen LogP contribution in [0.1, 0.15) is 16.1 Å². The monoisotopic (exact) mass is 315 g/mol. The summed E-state index contributed by atoms with van der Waals surface area (Å²) in [6.45, 7) is 0.0198. The molecule has 8 heteroatoms. The number of rotatable bonds is 5. The Morgan fingerprint density at radius 1 is 1.30 bits per heavy atom. The van der Waals surface area contributed by atoms with Crippen molar-refractivity contribution < 1.29 is 22.7 Å². The van der Waals surface area contributed by atoms with E-state index in [9.17, 15) is 13.2 Å². The van der Waals surface area contributed by atoms with Gasteiger partial charge in [0.25, 0.3) is 10.0 Å². The van der Waals surface area contributed by atoms with Gasteiger partial charge >= 0.3 is 5.97 Å². The Balaban J connectivity index is 2.12. The lowest BCUT2D eigenvalue weighted by molar-refractivity contribution is 0.0656. The number of aromatic carboxylic acids is 1. The number of carbonyl (C=O) groups is 1. The average molecular weight is 316 g/mol. The van der Waals surface area contributed by atoms with Gasteiger partial charge in [-0.1, -0.05) is 23.7 Å². The third kappa shape index (κ3) is 3.38. The van der Waals surface area contributed by atoms with Crippen LogP contribution in [0.25, 0.3) is 0 Å². The lowest BCUT2D eigenvalue weighted by Crippen LogP contribution is -2.22. The Morgan fingerprint density at radius 2 is 2.05 bits per heavy atom. The van der Waals surface area contributed by atoms with E-state index in [2.05, 4.69) is 4.72 Å². The van der Waals surface area contributed by atoms with Crippen LogP contribution >= 0.6 is 11.6 Å². The molecule has 1 heterocycles. The van der Waals surface area contributed by atoms with Crippen molar-refractivity contribution in [3.63, 3.8) is 0 Å². The maximum absolute atomic E-state index is 11.9. The van der Waals surface area contributed by atoms with Gasteiger partial charge in [0.1, 0.15) is 0 Å². The quantitative estimate of drug-likeness (QED) is 0.880. The highest BCUT2D eigenvalue weighted by Gasteiger charge is 2.20. The fourth-order valence-electron chi connectivity index (χ4n) is 1.48. The molecule has 0 radical (unpaired) electrons. The molecular weight excluding hydrogens is 306 g/mol. The molecule has 20 heavy (non-hydrogen) atoms. The summed E-state index contributed by atoms with van der Waals surface area (Å²) in [6.07, 6.45) is 0. The minimum atomic E-state index is -3.91. The van der Waals surface area contributed by atoms with Crippen molar-refractivity contribution in [2.45, 2.75) is 11.6 Å². The number of carboxylic acids is 1. The Bertz CT molecular complexity index is 738. The second-order valence-corrected chi connectivity index (χ2v) is 6.01. The topological polar surface area (TPSA) is 96.6 Å². The van der Waals surface area contributed by atoms with Crippen molar-refractivity contribution in [2.24, 2.45) is 0 Å². The molecule has 0 saturated heterocycles. The molecule has 0 bridgehead atoms. The molecule has 2 aromatic rings. The molecule has 0 spiro atoms. The van der Waals surface area contributed by atoms with Gasteiger partial charge in [-0.25, -0.2) is 17.9 Å². The second-order valence-electron chi connectivity index (χ2n) is 3.88. The van der Waals surface area contributed by atoms with E-state index in [0.717, 1.165) is 12.1 Å². The minimum absolute atomic E-state index is 0.0198. The molecule has 0 aliphatic heterocycles. The summed E-state index contributed by atoms with van der Waals surface area (Å²) in [5.41, 5.74) is 0.672. The SMILES string of the molecule is O=C(O)c1ccc(S(=O)(=O)NCc2cccc(Cl)c2)o1. The molecule has 0 unspecified atom stereocenters. The first-order valence-corrected chi connectivity index (χ1v) is 7.32.